The molecule has 2 heterocycles. The van der Waals surface area contributed by atoms with Crippen molar-refractivity contribution < 1.29 is 19.2 Å². The maximum atomic E-state index is 11.9. The van der Waals surface area contributed by atoms with Crippen molar-refractivity contribution in [1.82, 2.24) is 9.64 Å². The molecule has 3 N–H and O–H groups in total. The molecule has 0 aromatic carbocycles. The van der Waals surface area contributed by atoms with E-state index in [1.54, 1.807) is 11.8 Å². The highest BCUT2D eigenvalue weighted by Crippen LogP contribution is 2.18. The van der Waals surface area contributed by atoms with Crippen LogP contribution >= 0.6 is 0 Å². The minimum absolute atomic E-state index is 0.0719. The molecule has 0 aliphatic carbocycles. The summed E-state index contributed by atoms with van der Waals surface area (Å²) < 4.78 is 5.64. The van der Waals surface area contributed by atoms with Crippen LogP contribution in [0.25, 0.3) is 0 Å². The number of aliphatic carboxylic acids is 1. The molecule has 0 spiro atoms. The Hall–Kier alpha value is -1.93. The normalized spacial score (nSPS) is 23.7. The molecule has 8 heteroatoms. The predicted octanol–water partition coefficient (Wildman–Crippen LogP) is -1.12. The molecule has 1 aromatic rings. The maximum Gasteiger partial charge on any atom is 0.325 e. The molecular weight excluding hydrogens is 254 g/mol. The third-order valence-electron chi connectivity index (χ3n) is 3.15. The van der Waals surface area contributed by atoms with E-state index in [1.807, 2.05) is 0 Å². The summed E-state index contributed by atoms with van der Waals surface area (Å²) >= 11 is 0. The van der Waals surface area contributed by atoms with E-state index in [2.05, 4.69) is 0 Å². The summed E-state index contributed by atoms with van der Waals surface area (Å²) in [7, 11) is 0. The molecule has 19 heavy (non-hydrogen) atoms. The zero-order valence-electron chi connectivity index (χ0n) is 10.5. The van der Waals surface area contributed by atoms with E-state index in [0.717, 1.165) is 0 Å². The van der Waals surface area contributed by atoms with Crippen molar-refractivity contribution in [3.8, 4) is 0 Å². The zero-order chi connectivity index (χ0) is 14.2. The average molecular weight is 269 g/mol. The molecule has 104 valence electrons. The lowest BCUT2D eigenvalue weighted by atomic mass is 10.0. The number of hydrogen-bond donors (Lipinski definition) is 2. The SMILES string of the molecule is Cc1cc(=O)n(C(=O)CN2CCC(N)(C(=O)O)C2)o1. The third-order valence-corrected chi connectivity index (χ3v) is 3.15. The summed E-state index contributed by atoms with van der Waals surface area (Å²) in [5.74, 6) is -1.28. The smallest absolute Gasteiger partial charge is 0.325 e. The minimum atomic E-state index is -1.33. The number of rotatable bonds is 3. The zero-order valence-corrected chi connectivity index (χ0v) is 10.5. The lowest BCUT2D eigenvalue weighted by molar-refractivity contribution is -0.142. The molecule has 0 radical (unpaired) electrons. The highest BCUT2D eigenvalue weighted by Gasteiger charge is 2.41. The van der Waals surface area contributed by atoms with Gasteiger partial charge in [0.2, 0.25) is 0 Å². The van der Waals surface area contributed by atoms with E-state index in [0.29, 0.717) is 17.0 Å². The summed E-state index contributed by atoms with van der Waals surface area (Å²) in [5, 5.41) is 8.98. The summed E-state index contributed by atoms with van der Waals surface area (Å²) in [6.45, 7) is 1.93. The van der Waals surface area contributed by atoms with Gasteiger partial charge in [0.1, 0.15) is 11.3 Å². The Bertz CT molecular complexity index is 575. The number of likely N-dealkylation sites (tertiary alicyclic amines) is 1. The number of aromatic nitrogens is 1. The second-order valence-electron chi connectivity index (χ2n) is 4.79. The highest BCUT2D eigenvalue weighted by molar-refractivity contribution is 5.81. The Labute approximate surface area is 108 Å². The predicted molar refractivity (Wildman–Crippen MR) is 63.9 cm³/mol. The average Bonchev–Trinajstić information content (AvgIpc) is 2.83. The van der Waals surface area contributed by atoms with Crippen molar-refractivity contribution in [3.05, 3.63) is 22.2 Å². The van der Waals surface area contributed by atoms with Gasteiger partial charge in [-0.05, 0) is 13.3 Å². The van der Waals surface area contributed by atoms with Crippen LogP contribution in [0.2, 0.25) is 0 Å². The lowest BCUT2D eigenvalue weighted by Crippen LogP contribution is -2.50. The number of carbonyl (C=O) groups excluding carboxylic acids is 1. The van der Waals surface area contributed by atoms with Gasteiger partial charge in [-0.2, -0.15) is 0 Å². The van der Waals surface area contributed by atoms with Crippen LogP contribution in [-0.2, 0) is 4.79 Å². The van der Waals surface area contributed by atoms with E-state index in [4.69, 9.17) is 15.4 Å². The molecule has 1 aromatic heterocycles. The maximum absolute atomic E-state index is 11.9. The largest absolute Gasteiger partial charge is 0.480 e. The summed E-state index contributed by atoms with van der Waals surface area (Å²) in [6, 6.07) is 1.21. The first kappa shape index (κ1) is 13.5. The van der Waals surface area contributed by atoms with Gasteiger partial charge in [-0.25, -0.2) is 0 Å². The first-order valence-corrected chi connectivity index (χ1v) is 5.80. The number of hydrogen-bond acceptors (Lipinski definition) is 6. The monoisotopic (exact) mass is 269 g/mol. The molecule has 1 fully saturated rings. The Balaban J connectivity index is 2.04. The molecule has 1 unspecified atom stereocenters. The van der Waals surface area contributed by atoms with Gasteiger partial charge < -0.3 is 15.4 Å². The fraction of sp³-hybridized carbons (Fsp3) is 0.545. The minimum Gasteiger partial charge on any atom is -0.480 e. The van der Waals surface area contributed by atoms with Crippen LogP contribution in [0.1, 0.15) is 17.0 Å². The molecule has 1 aliphatic rings. The Morgan fingerprint density at radius 3 is 2.74 bits per heavy atom. The number of carboxylic acid groups (broad SMARTS) is 1. The number of nitrogens with two attached hydrogens (primary N) is 1. The van der Waals surface area contributed by atoms with Crippen molar-refractivity contribution in [2.45, 2.75) is 18.9 Å². The Kier molecular flexibility index (Phi) is 3.29. The van der Waals surface area contributed by atoms with Crippen LogP contribution in [0.15, 0.2) is 15.4 Å². The molecule has 0 bridgehead atoms. The number of carboxylic acids is 1. The van der Waals surface area contributed by atoms with Crippen LogP contribution in [-0.4, -0.2) is 51.8 Å². The van der Waals surface area contributed by atoms with Crippen LogP contribution in [0.4, 0.5) is 0 Å². The molecule has 1 aliphatic heterocycles. The van der Waals surface area contributed by atoms with Gasteiger partial charge in [-0.15, -0.1) is 4.74 Å². The Morgan fingerprint density at radius 1 is 1.58 bits per heavy atom. The Morgan fingerprint density at radius 2 is 2.26 bits per heavy atom. The van der Waals surface area contributed by atoms with Gasteiger partial charge >= 0.3 is 5.97 Å². The molecular formula is C11H15N3O5. The van der Waals surface area contributed by atoms with Gasteiger partial charge in [0.15, 0.2) is 0 Å². The second kappa shape index (κ2) is 4.63. The molecule has 1 saturated heterocycles. The standard InChI is InChI=1S/C11H15N3O5/c1-7-4-8(15)14(19-7)9(16)5-13-3-2-11(12,6-13)10(17)18/h4H,2-3,5-6,12H2,1H3,(H,17,18). The fourth-order valence-electron chi connectivity index (χ4n) is 2.10. The van der Waals surface area contributed by atoms with E-state index >= 15 is 0 Å². The number of aryl methyl sites for hydroxylation is 1. The van der Waals surface area contributed by atoms with Crippen molar-refractivity contribution in [1.29, 1.82) is 0 Å². The second-order valence-corrected chi connectivity index (χ2v) is 4.79. The van der Waals surface area contributed by atoms with Crippen molar-refractivity contribution in [2.24, 2.45) is 5.73 Å². The van der Waals surface area contributed by atoms with E-state index in [-0.39, 0.29) is 19.5 Å². The molecule has 2 rings (SSSR count). The fourth-order valence-corrected chi connectivity index (χ4v) is 2.10. The number of carbonyl (C=O) groups is 2. The van der Waals surface area contributed by atoms with Crippen LogP contribution < -0.4 is 11.3 Å². The summed E-state index contributed by atoms with van der Waals surface area (Å²) in [6.07, 6.45) is 0.266. The van der Waals surface area contributed by atoms with Crippen LogP contribution in [0.3, 0.4) is 0 Å². The third kappa shape index (κ3) is 2.59. The van der Waals surface area contributed by atoms with E-state index < -0.39 is 23.0 Å². The van der Waals surface area contributed by atoms with Gasteiger partial charge in [-0.3, -0.25) is 19.3 Å². The van der Waals surface area contributed by atoms with Crippen molar-refractivity contribution >= 4 is 11.9 Å². The summed E-state index contributed by atoms with van der Waals surface area (Å²) in [4.78, 5) is 35.8. The first-order chi connectivity index (χ1) is 8.82. The molecule has 8 nitrogen and oxygen atoms in total. The first-order valence-electron chi connectivity index (χ1n) is 5.80. The van der Waals surface area contributed by atoms with Crippen molar-refractivity contribution in [3.63, 3.8) is 0 Å². The molecule has 0 amide bonds. The van der Waals surface area contributed by atoms with E-state index in [1.165, 1.54) is 6.07 Å². The summed E-state index contributed by atoms with van der Waals surface area (Å²) in [5.41, 5.74) is 3.84. The van der Waals surface area contributed by atoms with Gasteiger partial charge in [0.05, 0.1) is 6.54 Å². The molecule has 0 saturated carbocycles. The topological polar surface area (TPSA) is 119 Å². The van der Waals surface area contributed by atoms with Gasteiger partial charge in [0.25, 0.3) is 11.5 Å². The quantitative estimate of drug-likeness (QED) is 0.713. The van der Waals surface area contributed by atoms with Gasteiger partial charge in [-0.1, -0.05) is 0 Å². The van der Waals surface area contributed by atoms with Crippen molar-refractivity contribution in [2.75, 3.05) is 19.6 Å². The van der Waals surface area contributed by atoms with Gasteiger partial charge in [0, 0.05) is 19.2 Å². The van der Waals surface area contributed by atoms with E-state index in [9.17, 15) is 14.4 Å². The number of nitrogens with zero attached hydrogens (tertiary/aromatic N) is 2. The highest BCUT2D eigenvalue weighted by atomic mass is 16.5. The van der Waals surface area contributed by atoms with Crippen LogP contribution in [0.5, 0.6) is 0 Å². The van der Waals surface area contributed by atoms with Crippen LogP contribution in [0, 0.1) is 6.92 Å². The molecule has 1 atom stereocenters. The lowest BCUT2D eigenvalue weighted by Gasteiger charge is -2.19.